The fourth-order valence-electron chi connectivity index (χ4n) is 5.62. The SMILES string of the molecule is CC1=CC=CC(C)(C)[C@H]1/C=C/C(C)=C/C=C/C(C)=C/C=C/C=C(C)/C=C/C=C(C)/C=C/C1=C(C)C[C@@H](O)CC1(C)C. The molecular formula is C40H54O. The van der Waals surface area contributed by atoms with Crippen LogP contribution in [0.2, 0.25) is 0 Å². The van der Waals surface area contributed by atoms with Crippen LogP contribution in [0, 0.1) is 16.7 Å². The second kappa shape index (κ2) is 15.7. The molecule has 1 nitrogen and oxygen atoms in total. The fraction of sp³-hybridized carbons (Fsp3) is 0.400. The molecule has 2 atom stereocenters. The van der Waals surface area contributed by atoms with Crippen LogP contribution in [0.25, 0.3) is 0 Å². The molecule has 1 N–H and O–H groups in total. The Morgan fingerprint density at radius 1 is 0.756 bits per heavy atom. The lowest BCUT2D eigenvalue weighted by Crippen LogP contribution is -2.28. The molecule has 0 fully saturated rings. The first kappa shape index (κ1) is 34.0. The van der Waals surface area contributed by atoms with Gasteiger partial charge in [0.1, 0.15) is 0 Å². The Morgan fingerprint density at radius 3 is 1.80 bits per heavy atom. The summed E-state index contributed by atoms with van der Waals surface area (Å²) in [5, 5.41) is 10.1. The van der Waals surface area contributed by atoms with Crippen molar-refractivity contribution in [2.24, 2.45) is 16.7 Å². The van der Waals surface area contributed by atoms with E-state index in [0.717, 1.165) is 12.8 Å². The van der Waals surface area contributed by atoms with Gasteiger partial charge in [-0.15, -0.1) is 0 Å². The van der Waals surface area contributed by atoms with Crippen molar-refractivity contribution < 1.29 is 5.11 Å². The third kappa shape index (κ3) is 11.7. The first-order valence-corrected chi connectivity index (χ1v) is 15.0. The van der Waals surface area contributed by atoms with Gasteiger partial charge in [0.05, 0.1) is 6.10 Å². The van der Waals surface area contributed by atoms with E-state index in [0.29, 0.717) is 5.92 Å². The Balaban J connectivity index is 1.89. The number of aliphatic hydroxyl groups excluding tert-OH is 1. The van der Waals surface area contributed by atoms with Crippen LogP contribution in [0.3, 0.4) is 0 Å². The number of aliphatic hydroxyl groups is 1. The molecule has 0 saturated carbocycles. The molecule has 41 heavy (non-hydrogen) atoms. The summed E-state index contributed by atoms with van der Waals surface area (Å²) in [6.07, 6.45) is 38.3. The van der Waals surface area contributed by atoms with Crippen LogP contribution < -0.4 is 0 Å². The quantitative estimate of drug-likeness (QED) is 0.268. The van der Waals surface area contributed by atoms with Gasteiger partial charge in [0.2, 0.25) is 0 Å². The van der Waals surface area contributed by atoms with Crippen molar-refractivity contribution in [3.05, 3.63) is 142 Å². The van der Waals surface area contributed by atoms with E-state index in [1.54, 1.807) is 0 Å². The van der Waals surface area contributed by atoms with Crippen molar-refractivity contribution in [2.75, 3.05) is 0 Å². The molecule has 0 saturated heterocycles. The van der Waals surface area contributed by atoms with Gasteiger partial charge in [-0.1, -0.05) is 164 Å². The predicted octanol–water partition coefficient (Wildman–Crippen LogP) is 11.2. The summed E-state index contributed by atoms with van der Waals surface area (Å²) in [5.74, 6) is 0.438. The Kier molecular flexibility index (Phi) is 13.1. The predicted molar refractivity (Wildman–Crippen MR) is 183 cm³/mol. The first-order valence-electron chi connectivity index (χ1n) is 15.0. The molecule has 0 aromatic heterocycles. The van der Waals surface area contributed by atoms with Crippen LogP contribution in [-0.2, 0) is 0 Å². The van der Waals surface area contributed by atoms with Crippen LogP contribution in [-0.4, -0.2) is 11.2 Å². The van der Waals surface area contributed by atoms with Gasteiger partial charge >= 0.3 is 0 Å². The van der Waals surface area contributed by atoms with E-state index in [2.05, 4.69) is 173 Å². The highest BCUT2D eigenvalue weighted by molar-refractivity contribution is 5.38. The summed E-state index contributed by atoms with van der Waals surface area (Å²) in [6.45, 7) is 21.9. The van der Waals surface area contributed by atoms with Gasteiger partial charge in [-0.2, -0.15) is 0 Å². The Hall–Kier alpha value is -3.16. The number of rotatable bonds is 10. The summed E-state index contributed by atoms with van der Waals surface area (Å²) in [7, 11) is 0. The van der Waals surface area contributed by atoms with Crippen molar-refractivity contribution in [1.82, 2.24) is 0 Å². The second-order valence-corrected chi connectivity index (χ2v) is 13.1. The summed E-state index contributed by atoms with van der Waals surface area (Å²) in [6, 6.07) is 0. The van der Waals surface area contributed by atoms with E-state index in [-0.39, 0.29) is 16.9 Å². The van der Waals surface area contributed by atoms with Crippen LogP contribution >= 0.6 is 0 Å². The standard InChI is InChI=1S/C40H54O/c1-30(18-13-20-32(3)23-25-37-34(5)22-15-27-39(37,7)8)16-11-12-17-31(2)19-14-21-33(4)24-26-38-35(6)28-36(41)29-40(38,9)10/h11-27,36-37,41H,28-29H2,1-10H3/b12-11+,18-13+,19-14+,25-23+,26-24+,30-16+,31-17+,32-20+,33-21+/t36-,37+/m1/s1. The van der Waals surface area contributed by atoms with Gasteiger partial charge in [-0.3, -0.25) is 0 Å². The molecule has 0 radical (unpaired) electrons. The molecule has 0 heterocycles. The Bertz CT molecular complexity index is 1280. The lowest BCUT2D eigenvalue weighted by atomic mass is 9.71. The molecule has 0 spiro atoms. The molecular weight excluding hydrogens is 496 g/mol. The topological polar surface area (TPSA) is 20.2 Å². The summed E-state index contributed by atoms with van der Waals surface area (Å²) < 4.78 is 0. The smallest absolute Gasteiger partial charge is 0.0585 e. The van der Waals surface area contributed by atoms with Crippen molar-refractivity contribution >= 4 is 0 Å². The maximum Gasteiger partial charge on any atom is 0.0585 e. The average molecular weight is 551 g/mol. The molecule has 220 valence electrons. The molecule has 2 aliphatic rings. The van der Waals surface area contributed by atoms with Gasteiger partial charge in [0, 0.05) is 5.92 Å². The maximum absolute atomic E-state index is 10.1. The van der Waals surface area contributed by atoms with E-state index in [4.69, 9.17) is 0 Å². The number of hydrogen-bond acceptors (Lipinski definition) is 1. The molecule has 2 aliphatic carbocycles. The highest BCUT2D eigenvalue weighted by Crippen LogP contribution is 2.41. The molecule has 1 heteroatoms. The second-order valence-electron chi connectivity index (χ2n) is 13.1. The fourth-order valence-corrected chi connectivity index (χ4v) is 5.62. The lowest BCUT2D eigenvalue weighted by Gasteiger charge is -2.35. The molecule has 0 bridgehead atoms. The third-order valence-corrected chi connectivity index (χ3v) is 7.98. The van der Waals surface area contributed by atoms with Crippen molar-refractivity contribution in [2.45, 2.75) is 88.2 Å². The van der Waals surface area contributed by atoms with Crippen molar-refractivity contribution in [3.63, 3.8) is 0 Å². The highest BCUT2D eigenvalue weighted by Gasteiger charge is 2.31. The Morgan fingerprint density at radius 2 is 1.27 bits per heavy atom. The average Bonchev–Trinajstić information content (AvgIpc) is 2.84. The first-order chi connectivity index (χ1) is 19.2. The zero-order valence-electron chi connectivity index (χ0n) is 27.3. The van der Waals surface area contributed by atoms with Crippen LogP contribution in [0.15, 0.2) is 142 Å². The van der Waals surface area contributed by atoms with Crippen LogP contribution in [0.1, 0.15) is 82.1 Å². The largest absolute Gasteiger partial charge is 0.393 e. The normalized spacial score (nSPS) is 24.7. The van der Waals surface area contributed by atoms with E-state index in [1.165, 1.54) is 39.0 Å². The highest BCUT2D eigenvalue weighted by atomic mass is 16.3. The number of allylic oxidation sites excluding steroid dienone is 23. The molecule has 0 aromatic carbocycles. The summed E-state index contributed by atoms with van der Waals surface area (Å²) in [4.78, 5) is 0. The van der Waals surface area contributed by atoms with Crippen LogP contribution in [0.4, 0.5) is 0 Å². The zero-order chi connectivity index (χ0) is 30.6. The van der Waals surface area contributed by atoms with Gasteiger partial charge < -0.3 is 5.11 Å². The summed E-state index contributed by atoms with van der Waals surface area (Å²) in [5.41, 5.74) is 9.09. The molecule has 0 aromatic rings. The van der Waals surface area contributed by atoms with Gasteiger partial charge in [-0.05, 0) is 70.8 Å². The van der Waals surface area contributed by atoms with Gasteiger partial charge in [0.25, 0.3) is 0 Å². The minimum Gasteiger partial charge on any atom is -0.393 e. The zero-order valence-corrected chi connectivity index (χ0v) is 27.3. The van der Waals surface area contributed by atoms with Gasteiger partial charge in [-0.25, -0.2) is 0 Å². The molecule has 0 amide bonds. The van der Waals surface area contributed by atoms with Crippen molar-refractivity contribution in [3.8, 4) is 0 Å². The van der Waals surface area contributed by atoms with E-state index in [9.17, 15) is 5.11 Å². The Labute approximate surface area is 251 Å². The maximum atomic E-state index is 10.1. The third-order valence-electron chi connectivity index (χ3n) is 7.98. The van der Waals surface area contributed by atoms with Gasteiger partial charge in [0.15, 0.2) is 0 Å². The lowest BCUT2D eigenvalue weighted by molar-refractivity contribution is 0.116. The molecule has 0 aliphatic heterocycles. The minimum atomic E-state index is -0.222. The molecule has 0 unspecified atom stereocenters. The minimum absolute atomic E-state index is 0.0108. The van der Waals surface area contributed by atoms with E-state index in [1.807, 2.05) is 0 Å². The van der Waals surface area contributed by atoms with E-state index < -0.39 is 0 Å². The number of hydrogen-bond donors (Lipinski definition) is 1. The molecule has 2 rings (SSSR count). The van der Waals surface area contributed by atoms with Crippen molar-refractivity contribution in [1.29, 1.82) is 0 Å². The summed E-state index contributed by atoms with van der Waals surface area (Å²) >= 11 is 0. The van der Waals surface area contributed by atoms with E-state index >= 15 is 0 Å². The van der Waals surface area contributed by atoms with Crippen LogP contribution in [0.5, 0.6) is 0 Å². The monoisotopic (exact) mass is 550 g/mol.